The lowest BCUT2D eigenvalue weighted by molar-refractivity contribution is 0.248. The summed E-state index contributed by atoms with van der Waals surface area (Å²) in [6.07, 6.45) is 26.0. The predicted molar refractivity (Wildman–Crippen MR) is 127 cm³/mol. The van der Waals surface area contributed by atoms with Gasteiger partial charge in [-0.3, -0.25) is 0 Å². The van der Waals surface area contributed by atoms with Crippen molar-refractivity contribution >= 4 is 0 Å². The van der Waals surface area contributed by atoms with Gasteiger partial charge in [-0.1, -0.05) is 137 Å². The summed E-state index contributed by atoms with van der Waals surface area (Å²) in [5.41, 5.74) is 0. The van der Waals surface area contributed by atoms with Crippen LogP contribution in [0.4, 0.5) is 0 Å². The van der Waals surface area contributed by atoms with Crippen LogP contribution in [0, 0.1) is 29.1 Å². The van der Waals surface area contributed by atoms with Crippen molar-refractivity contribution in [3.8, 4) is 6.07 Å². The van der Waals surface area contributed by atoms with Gasteiger partial charge in [0, 0.05) is 5.92 Å². The SMILES string of the molecule is CCCCCCCC(CCCCCCC)C(CC)CCCCCC(C#N)CC. The molecule has 0 heterocycles. The molecule has 0 saturated carbocycles. The number of nitriles is 1. The number of unbranched alkanes of at least 4 members (excludes halogenated alkanes) is 10. The van der Waals surface area contributed by atoms with Crippen LogP contribution >= 0.6 is 0 Å². The molecule has 0 bridgehead atoms. The summed E-state index contributed by atoms with van der Waals surface area (Å²) >= 11 is 0. The maximum absolute atomic E-state index is 9.10. The average molecular weight is 392 g/mol. The Kier molecular flexibility index (Phi) is 20.8. The van der Waals surface area contributed by atoms with Crippen molar-refractivity contribution in [2.24, 2.45) is 17.8 Å². The van der Waals surface area contributed by atoms with Crippen LogP contribution in [0.2, 0.25) is 0 Å². The Hall–Kier alpha value is -0.510. The van der Waals surface area contributed by atoms with Crippen molar-refractivity contribution in [1.29, 1.82) is 5.26 Å². The van der Waals surface area contributed by atoms with Gasteiger partial charge in [0.05, 0.1) is 6.07 Å². The molecule has 0 N–H and O–H groups in total. The Morgan fingerprint density at radius 2 is 0.929 bits per heavy atom. The van der Waals surface area contributed by atoms with Gasteiger partial charge in [-0.15, -0.1) is 0 Å². The Morgan fingerprint density at radius 3 is 1.36 bits per heavy atom. The first-order valence-corrected chi connectivity index (χ1v) is 13.1. The maximum Gasteiger partial charge on any atom is 0.0655 e. The summed E-state index contributed by atoms with van der Waals surface area (Å²) in [5.74, 6) is 2.20. The van der Waals surface area contributed by atoms with Crippen molar-refractivity contribution < 1.29 is 0 Å². The normalized spacial score (nSPS) is 13.6. The lowest BCUT2D eigenvalue weighted by atomic mass is 9.79. The van der Waals surface area contributed by atoms with E-state index in [2.05, 4.69) is 33.8 Å². The zero-order chi connectivity index (χ0) is 20.9. The molecule has 166 valence electrons. The van der Waals surface area contributed by atoms with E-state index in [1.54, 1.807) is 0 Å². The molecule has 0 rings (SSSR count). The van der Waals surface area contributed by atoms with Crippen LogP contribution in [0.25, 0.3) is 0 Å². The molecule has 0 aromatic rings. The summed E-state index contributed by atoms with van der Waals surface area (Å²) in [6.45, 7) is 9.19. The maximum atomic E-state index is 9.10. The molecule has 2 unspecified atom stereocenters. The molecule has 2 atom stereocenters. The molecule has 0 aliphatic rings. The van der Waals surface area contributed by atoms with E-state index in [4.69, 9.17) is 5.26 Å². The molecule has 1 nitrogen and oxygen atoms in total. The zero-order valence-corrected chi connectivity index (χ0v) is 20.1. The van der Waals surface area contributed by atoms with Gasteiger partial charge in [0.1, 0.15) is 0 Å². The van der Waals surface area contributed by atoms with Crippen LogP contribution < -0.4 is 0 Å². The Labute approximate surface area is 179 Å². The van der Waals surface area contributed by atoms with Gasteiger partial charge in [0.15, 0.2) is 0 Å². The third kappa shape index (κ3) is 15.4. The second-order valence-corrected chi connectivity index (χ2v) is 9.21. The van der Waals surface area contributed by atoms with E-state index in [0.717, 1.165) is 24.7 Å². The highest BCUT2D eigenvalue weighted by atomic mass is 14.3. The second kappa shape index (κ2) is 21.2. The number of nitrogens with zero attached hydrogens (tertiary/aromatic N) is 1. The third-order valence-corrected chi connectivity index (χ3v) is 6.85. The highest BCUT2D eigenvalue weighted by Crippen LogP contribution is 2.32. The summed E-state index contributed by atoms with van der Waals surface area (Å²) in [4.78, 5) is 0. The summed E-state index contributed by atoms with van der Waals surface area (Å²) < 4.78 is 0. The second-order valence-electron chi connectivity index (χ2n) is 9.21. The zero-order valence-electron chi connectivity index (χ0n) is 20.1. The molecular weight excluding hydrogens is 338 g/mol. The van der Waals surface area contributed by atoms with Crippen LogP contribution in [-0.4, -0.2) is 0 Å². The van der Waals surface area contributed by atoms with Crippen molar-refractivity contribution in [3.63, 3.8) is 0 Å². The fourth-order valence-electron chi connectivity index (χ4n) is 4.74. The first-order chi connectivity index (χ1) is 13.7. The quantitative estimate of drug-likeness (QED) is 0.178. The van der Waals surface area contributed by atoms with Gasteiger partial charge in [-0.05, 0) is 24.7 Å². The molecule has 0 aromatic carbocycles. The highest BCUT2D eigenvalue weighted by molar-refractivity contribution is 4.81. The summed E-state index contributed by atoms with van der Waals surface area (Å²) in [5, 5.41) is 9.10. The fourth-order valence-corrected chi connectivity index (χ4v) is 4.74. The van der Waals surface area contributed by atoms with Crippen LogP contribution in [-0.2, 0) is 0 Å². The standard InChI is InChI=1S/C27H53N/c1-5-9-11-13-17-22-27(23-18-14-12-10-6-2)26(8-4)21-19-15-16-20-25(7-3)24-28/h25-27H,5-23H2,1-4H3. The van der Waals surface area contributed by atoms with E-state index in [0.29, 0.717) is 5.92 Å². The Morgan fingerprint density at radius 1 is 0.500 bits per heavy atom. The summed E-state index contributed by atoms with van der Waals surface area (Å²) in [6, 6.07) is 2.46. The van der Waals surface area contributed by atoms with E-state index in [1.165, 1.54) is 109 Å². The van der Waals surface area contributed by atoms with Crippen LogP contribution in [0.5, 0.6) is 0 Å². The average Bonchev–Trinajstić information content (AvgIpc) is 2.72. The van der Waals surface area contributed by atoms with E-state index in [1.807, 2.05) is 0 Å². The minimum Gasteiger partial charge on any atom is -0.198 e. The minimum atomic E-state index is 0.293. The minimum absolute atomic E-state index is 0.293. The van der Waals surface area contributed by atoms with Crippen LogP contribution in [0.15, 0.2) is 0 Å². The number of hydrogen-bond donors (Lipinski definition) is 0. The molecule has 0 aliphatic heterocycles. The molecule has 0 aliphatic carbocycles. The first kappa shape index (κ1) is 27.5. The smallest absolute Gasteiger partial charge is 0.0655 e. The van der Waals surface area contributed by atoms with Gasteiger partial charge in [0.25, 0.3) is 0 Å². The molecular formula is C27H53N. The topological polar surface area (TPSA) is 23.8 Å². The van der Waals surface area contributed by atoms with Gasteiger partial charge < -0.3 is 0 Å². The lowest BCUT2D eigenvalue weighted by Gasteiger charge is -2.27. The van der Waals surface area contributed by atoms with Gasteiger partial charge in [-0.2, -0.15) is 5.26 Å². The van der Waals surface area contributed by atoms with Crippen molar-refractivity contribution in [2.75, 3.05) is 0 Å². The first-order valence-electron chi connectivity index (χ1n) is 13.1. The lowest BCUT2D eigenvalue weighted by Crippen LogP contribution is -2.15. The highest BCUT2D eigenvalue weighted by Gasteiger charge is 2.19. The number of rotatable bonds is 21. The molecule has 0 fully saturated rings. The summed E-state index contributed by atoms with van der Waals surface area (Å²) in [7, 11) is 0. The molecule has 0 aromatic heterocycles. The molecule has 1 heteroatoms. The van der Waals surface area contributed by atoms with E-state index in [-0.39, 0.29) is 0 Å². The van der Waals surface area contributed by atoms with E-state index < -0.39 is 0 Å². The largest absolute Gasteiger partial charge is 0.198 e. The van der Waals surface area contributed by atoms with Crippen molar-refractivity contribution in [2.45, 2.75) is 150 Å². The third-order valence-electron chi connectivity index (χ3n) is 6.85. The monoisotopic (exact) mass is 391 g/mol. The molecule has 0 saturated heterocycles. The van der Waals surface area contributed by atoms with Gasteiger partial charge in [0.2, 0.25) is 0 Å². The number of hydrogen-bond acceptors (Lipinski definition) is 1. The van der Waals surface area contributed by atoms with Crippen LogP contribution in [0.1, 0.15) is 150 Å². The van der Waals surface area contributed by atoms with Gasteiger partial charge in [-0.25, -0.2) is 0 Å². The van der Waals surface area contributed by atoms with Crippen molar-refractivity contribution in [1.82, 2.24) is 0 Å². The fraction of sp³-hybridized carbons (Fsp3) is 0.963. The predicted octanol–water partition coefficient (Wildman–Crippen LogP) is 9.85. The van der Waals surface area contributed by atoms with Crippen molar-refractivity contribution in [3.05, 3.63) is 0 Å². The van der Waals surface area contributed by atoms with Crippen LogP contribution in [0.3, 0.4) is 0 Å². The molecule has 0 amide bonds. The Bertz CT molecular complexity index is 329. The van der Waals surface area contributed by atoms with E-state index >= 15 is 0 Å². The van der Waals surface area contributed by atoms with E-state index in [9.17, 15) is 0 Å². The van der Waals surface area contributed by atoms with Gasteiger partial charge >= 0.3 is 0 Å². The molecule has 0 spiro atoms. The Balaban J connectivity index is 4.27. The molecule has 0 radical (unpaired) electrons. The molecule has 28 heavy (non-hydrogen) atoms.